The fourth-order valence-corrected chi connectivity index (χ4v) is 6.40. The summed E-state index contributed by atoms with van der Waals surface area (Å²) in [4.78, 5) is 26.6. The SMILES string of the molecule is CC(=O)OCC1O[C@H](Sc2ccc(C#N)c(Br)c2)C(C)[C@@H](n2cc(-c3csc(=O)[nH]3)nn2)[C@H]1C. The molecule has 9 nitrogen and oxygen atoms in total. The Bertz CT molecular complexity index is 1280. The number of rotatable bonds is 6. The van der Waals surface area contributed by atoms with Gasteiger partial charge in [-0.1, -0.05) is 42.2 Å². The molecule has 0 saturated carbocycles. The largest absolute Gasteiger partial charge is 0.463 e. The molecular weight excluding hydrogens is 542 g/mol. The van der Waals surface area contributed by atoms with Crippen LogP contribution in [-0.4, -0.2) is 44.1 Å². The zero-order valence-corrected chi connectivity index (χ0v) is 21.8. The fraction of sp³-hybridized carbons (Fsp3) is 0.409. The zero-order valence-electron chi connectivity index (χ0n) is 18.6. The van der Waals surface area contributed by atoms with Gasteiger partial charge >= 0.3 is 10.8 Å². The van der Waals surface area contributed by atoms with E-state index >= 15 is 0 Å². The zero-order chi connectivity index (χ0) is 24.4. The van der Waals surface area contributed by atoms with Gasteiger partial charge in [-0.05, 0) is 34.1 Å². The van der Waals surface area contributed by atoms with Crippen LogP contribution in [0.5, 0.6) is 0 Å². The number of aromatic nitrogens is 4. The summed E-state index contributed by atoms with van der Waals surface area (Å²) in [6.45, 7) is 5.64. The number of nitrogens with zero attached hydrogens (tertiary/aromatic N) is 4. The Morgan fingerprint density at radius 2 is 2.21 bits per heavy atom. The molecule has 1 N–H and O–H groups in total. The van der Waals surface area contributed by atoms with E-state index in [4.69, 9.17) is 9.47 Å². The molecule has 34 heavy (non-hydrogen) atoms. The molecule has 12 heteroatoms. The van der Waals surface area contributed by atoms with E-state index in [2.05, 4.69) is 44.2 Å². The number of nitrogens with one attached hydrogen (secondary N) is 1. The Hall–Kier alpha value is -2.46. The number of carbonyl (C=O) groups is 1. The lowest BCUT2D eigenvalue weighted by Gasteiger charge is -2.44. The lowest BCUT2D eigenvalue weighted by atomic mass is 9.84. The van der Waals surface area contributed by atoms with Gasteiger partial charge in [0.25, 0.3) is 0 Å². The Morgan fingerprint density at radius 1 is 1.41 bits per heavy atom. The average Bonchev–Trinajstić information content (AvgIpc) is 3.44. The second-order valence-corrected chi connectivity index (χ2v) is 10.9. The first-order chi connectivity index (χ1) is 16.3. The fourth-order valence-electron chi connectivity index (χ4n) is 4.03. The second kappa shape index (κ2) is 10.4. The summed E-state index contributed by atoms with van der Waals surface area (Å²) >= 11 is 6.06. The molecular formula is C22H22BrN5O4S2. The second-order valence-electron chi connectivity index (χ2n) is 8.07. The number of esters is 1. The molecule has 0 bridgehead atoms. The average molecular weight is 564 g/mol. The number of H-pyrrole nitrogens is 1. The van der Waals surface area contributed by atoms with Crippen LogP contribution in [0.2, 0.25) is 0 Å². The number of thiazole rings is 1. The maximum absolute atomic E-state index is 11.6. The predicted octanol–water partition coefficient (Wildman–Crippen LogP) is 4.22. The first kappa shape index (κ1) is 24.7. The molecule has 3 aromatic rings. The lowest BCUT2D eigenvalue weighted by molar-refractivity contribution is -0.156. The van der Waals surface area contributed by atoms with Crippen molar-refractivity contribution in [2.45, 2.75) is 43.2 Å². The lowest BCUT2D eigenvalue weighted by Crippen LogP contribution is -2.47. The number of thioether (sulfide) groups is 1. The third-order valence-corrected chi connectivity index (χ3v) is 8.40. The molecule has 3 heterocycles. The number of ether oxygens (including phenoxy) is 2. The maximum atomic E-state index is 11.6. The molecule has 1 fully saturated rings. The Morgan fingerprint density at radius 3 is 2.85 bits per heavy atom. The highest BCUT2D eigenvalue weighted by Gasteiger charge is 2.44. The number of halogens is 1. The van der Waals surface area contributed by atoms with Crippen molar-refractivity contribution in [1.82, 2.24) is 20.0 Å². The smallest absolute Gasteiger partial charge is 0.304 e. The van der Waals surface area contributed by atoms with Crippen molar-refractivity contribution in [2.75, 3.05) is 6.61 Å². The Labute approximate surface area is 212 Å². The summed E-state index contributed by atoms with van der Waals surface area (Å²) in [5.41, 5.74) is 1.50. The quantitative estimate of drug-likeness (QED) is 0.442. The number of hydrogen-bond donors (Lipinski definition) is 1. The summed E-state index contributed by atoms with van der Waals surface area (Å²) in [6.07, 6.45) is 1.47. The van der Waals surface area contributed by atoms with Gasteiger partial charge in [-0.3, -0.25) is 9.59 Å². The van der Waals surface area contributed by atoms with Gasteiger partial charge in [-0.15, -0.1) is 5.10 Å². The van der Waals surface area contributed by atoms with Gasteiger partial charge in [-0.25, -0.2) is 4.68 Å². The third-order valence-electron chi connectivity index (χ3n) is 5.78. The molecule has 1 saturated heterocycles. The van der Waals surface area contributed by atoms with E-state index in [0.29, 0.717) is 17.0 Å². The third kappa shape index (κ3) is 5.27. The number of hydrogen-bond acceptors (Lipinski definition) is 9. The van der Waals surface area contributed by atoms with Crippen molar-refractivity contribution < 1.29 is 14.3 Å². The van der Waals surface area contributed by atoms with Crippen LogP contribution < -0.4 is 4.87 Å². The summed E-state index contributed by atoms with van der Waals surface area (Å²) in [6, 6.07) is 7.60. The molecule has 0 spiro atoms. The molecule has 0 aliphatic carbocycles. The van der Waals surface area contributed by atoms with Gasteiger partial charge < -0.3 is 14.5 Å². The summed E-state index contributed by atoms with van der Waals surface area (Å²) < 4.78 is 14.2. The van der Waals surface area contributed by atoms with Gasteiger partial charge in [0.1, 0.15) is 23.8 Å². The minimum absolute atomic E-state index is 0.0130. The van der Waals surface area contributed by atoms with E-state index in [1.54, 1.807) is 23.2 Å². The van der Waals surface area contributed by atoms with Gasteiger partial charge in [0.05, 0.1) is 29.6 Å². The molecule has 4 rings (SSSR count). The Kier molecular flexibility index (Phi) is 7.57. The predicted molar refractivity (Wildman–Crippen MR) is 131 cm³/mol. The first-order valence-corrected chi connectivity index (χ1v) is 13.1. The van der Waals surface area contributed by atoms with Crippen LogP contribution in [0.25, 0.3) is 11.4 Å². The summed E-state index contributed by atoms with van der Waals surface area (Å²) in [5, 5.41) is 19.6. The number of nitriles is 1. The van der Waals surface area contributed by atoms with Crippen LogP contribution >= 0.6 is 39.0 Å². The standard InChI is InChI=1S/C22H22BrN5O4S2/c1-11-19(9-31-13(3)29)32-21(34-15-5-4-14(7-24)16(23)6-15)12(2)20(11)28-8-17(26-27-28)18-10-33-22(30)25-18/h4-6,8,10-12,19-21H,9H2,1-3H3,(H,25,30)/t11-,12?,19?,20-,21+/m0/s1. The van der Waals surface area contributed by atoms with Crippen LogP contribution in [0.3, 0.4) is 0 Å². The van der Waals surface area contributed by atoms with Gasteiger partial charge in [0.15, 0.2) is 0 Å². The summed E-state index contributed by atoms with van der Waals surface area (Å²) in [5.74, 6) is -0.385. The van der Waals surface area contributed by atoms with Crippen LogP contribution in [0, 0.1) is 23.2 Å². The van der Waals surface area contributed by atoms with Crippen molar-refractivity contribution >= 4 is 45.0 Å². The van der Waals surface area contributed by atoms with E-state index < -0.39 is 0 Å². The minimum atomic E-state index is -0.365. The number of aromatic amines is 1. The number of carbonyl (C=O) groups excluding carboxylic acids is 1. The molecule has 5 atom stereocenters. The van der Waals surface area contributed by atoms with E-state index in [-0.39, 0.29) is 46.9 Å². The van der Waals surface area contributed by atoms with Gasteiger partial charge in [-0.2, -0.15) is 5.26 Å². The monoisotopic (exact) mass is 563 g/mol. The maximum Gasteiger partial charge on any atom is 0.304 e. The normalized spacial score (nSPS) is 24.5. The highest BCUT2D eigenvalue weighted by atomic mass is 79.9. The molecule has 1 aromatic carbocycles. The van der Waals surface area contributed by atoms with Crippen LogP contribution in [0.15, 0.2) is 43.9 Å². The van der Waals surface area contributed by atoms with Gasteiger partial charge in [0, 0.05) is 33.5 Å². The van der Waals surface area contributed by atoms with E-state index in [1.165, 1.54) is 6.92 Å². The van der Waals surface area contributed by atoms with Crippen LogP contribution in [0.4, 0.5) is 0 Å². The molecule has 178 valence electrons. The molecule has 2 unspecified atom stereocenters. The summed E-state index contributed by atoms with van der Waals surface area (Å²) in [7, 11) is 0. The molecule has 1 aliphatic heterocycles. The van der Waals surface area contributed by atoms with Crippen molar-refractivity contribution in [1.29, 1.82) is 5.26 Å². The minimum Gasteiger partial charge on any atom is -0.463 e. The van der Waals surface area contributed by atoms with E-state index in [0.717, 1.165) is 20.7 Å². The van der Waals surface area contributed by atoms with Crippen molar-refractivity contribution in [3.8, 4) is 17.5 Å². The van der Waals surface area contributed by atoms with Crippen LogP contribution in [0.1, 0.15) is 32.4 Å². The van der Waals surface area contributed by atoms with E-state index in [9.17, 15) is 14.9 Å². The highest BCUT2D eigenvalue weighted by Crippen LogP contribution is 2.45. The molecule has 2 aromatic heterocycles. The number of benzene rings is 1. The van der Waals surface area contributed by atoms with Crippen molar-refractivity contribution in [2.24, 2.45) is 11.8 Å². The molecule has 1 aliphatic rings. The topological polar surface area (TPSA) is 123 Å². The molecule has 0 amide bonds. The Balaban J connectivity index is 1.63. The van der Waals surface area contributed by atoms with Gasteiger partial charge in [0.2, 0.25) is 0 Å². The molecule has 0 radical (unpaired) electrons. The van der Waals surface area contributed by atoms with E-state index in [1.807, 2.05) is 29.9 Å². The van der Waals surface area contributed by atoms with Crippen molar-refractivity contribution in [3.05, 3.63) is 49.5 Å². The van der Waals surface area contributed by atoms with Crippen molar-refractivity contribution in [3.63, 3.8) is 0 Å². The highest BCUT2D eigenvalue weighted by molar-refractivity contribution is 9.10. The first-order valence-electron chi connectivity index (χ1n) is 10.5. The van der Waals surface area contributed by atoms with Crippen LogP contribution in [-0.2, 0) is 14.3 Å².